The van der Waals surface area contributed by atoms with Crippen molar-refractivity contribution in [1.82, 2.24) is 15.2 Å². The molecule has 5 rings (SSSR count). The highest BCUT2D eigenvalue weighted by Gasteiger charge is 2.42. The van der Waals surface area contributed by atoms with Crippen molar-refractivity contribution in [3.63, 3.8) is 0 Å². The standard InChI is InChI=1S/C30H25N5O6/c1-17(14-24(36)37)25-28(39)35(30(41)33-25)23-9-5-8-20-22(16-32-26(20)23)27(38)29(40)34-12-10-19(11-13-34)21(15-31)18-6-3-2-4-7-18/h2-9,16,25,32H,1,10-14H2,(H,33,41)(H,36,37)/t25-/m0/s1. The lowest BCUT2D eigenvalue weighted by Crippen LogP contribution is -2.40. The predicted octanol–water partition coefficient (Wildman–Crippen LogP) is 3.41. The number of benzene rings is 2. The number of carbonyl (C=O) groups excluding carboxylic acids is 4. The molecule has 4 amide bonds. The number of Topliss-reactive ketones (excluding diaryl/α,β-unsaturated/α-hetero) is 1. The molecule has 0 aliphatic carbocycles. The molecule has 1 atom stereocenters. The minimum atomic E-state index is -1.20. The average molecular weight is 552 g/mol. The number of para-hydroxylation sites is 1. The maximum atomic E-state index is 13.3. The minimum Gasteiger partial charge on any atom is -0.481 e. The number of carboxylic acids is 1. The van der Waals surface area contributed by atoms with Gasteiger partial charge in [0.1, 0.15) is 6.04 Å². The van der Waals surface area contributed by atoms with Crippen LogP contribution in [0.4, 0.5) is 10.5 Å². The second-order valence-electron chi connectivity index (χ2n) is 9.76. The topological polar surface area (TPSA) is 164 Å². The van der Waals surface area contributed by atoms with Crippen LogP contribution < -0.4 is 10.2 Å². The Bertz CT molecular complexity index is 1690. The number of ketones is 1. The molecule has 11 heteroatoms. The summed E-state index contributed by atoms with van der Waals surface area (Å²) in [5.41, 5.74) is 2.91. The number of piperidine rings is 1. The van der Waals surface area contributed by atoms with Gasteiger partial charge in [0, 0.05) is 24.7 Å². The fraction of sp³-hybridized carbons (Fsp3) is 0.200. The molecule has 2 aromatic carbocycles. The lowest BCUT2D eigenvalue weighted by Gasteiger charge is -2.28. The summed E-state index contributed by atoms with van der Waals surface area (Å²) in [7, 11) is 0. The number of hydrogen-bond donors (Lipinski definition) is 3. The smallest absolute Gasteiger partial charge is 0.329 e. The molecule has 206 valence electrons. The third-order valence-electron chi connectivity index (χ3n) is 7.28. The molecule has 3 heterocycles. The fourth-order valence-corrected chi connectivity index (χ4v) is 5.23. The lowest BCUT2D eigenvalue weighted by molar-refractivity contribution is -0.136. The van der Waals surface area contributed by atoms with Crippen LogP contribution in [0.5, 0.6) is 0 Å². The first-order valence-corrected chi connectivity index (χ1v) is 12.9. The van der Waals surface area contributed by atoms with Crippen molar-refractivity contribution in [3.8, 4) is 6.07 Å². The molecular formula is C30H25N5O6. The van der Waals surface area contributed by atoms with Gasteiger partial charge in [-0.2, -0.15) is 5.26 Å². The van der Waals surface area contributed by atoms with Crippen LogP contribution in [0.2, 0.25) is 0 Å². The number of nitriles is 1. The number of rotatable bonds is 7. The first kappa shape index (κ1) is 27.1. The van der Waals surface area contributed by atoms with Gasteiger partial charge in [0.05, 0.1) is 34.8 Å². The monoisotopic (exact) mass is 551 g/mol. The molecule has 2 aliphatic rings. The van der Waals surface area contributed by atoms with Gasteiger partial charge in [-0.1, -0.05) is 49.0 Å². The molecule has 2 aliphatic heterocycles. The number of carboxylic acid groups (broad SMARTS) is 1. The van der Waals surface area contributed by atoms with E-state index in [1.54, 1.807) is 12.1 Å². The summed E-state index contributed by atoms with van der Waals surface area (Å²) in [5.74, 6) is -3.31. The molecule has 0 saturated carbocycles. The fourth-order valence-electron chi connectivity index (χ4n) is 5.23. The third kappa shape index (κ3) is 4.98. The van der Waals surface area contributed by atoms with Crippen molar-refractivity contribution in [1.29, 1.82) is 5.26 Å². The molecule has 0 bridgehead atoms. The number of hydrogen-bond acceptors (Lipinski definition) is 6. The Labute approximate surface area is 234 Å². The maximum absolute atomic E-state index is 13.3. The van der Waals surface area contributed by atoms with Gasteiger partial charge in [0.15, 0.2) is 0 Å². The van der Waals surface area contributed by atoms with Gasteiger partial charge >= 0.3 is 12.0 Å². The summed E-state index contributed by atoms with van der Waals surface area (Å²) < 4.78 is 0. The van der Waals surface area contributed by atoms with Crippen LogP contribution in [0.15, 0.2) is 72.5 Å². The average Bonchev–Trinajstić information content (AvgIpc) is 3.53. The largest absolute Gasteiger partial charge is 0.481 e. The van der Waals surface area contributed by atoms with E-state index in [0.717, 1.165) is 16.0 Å². The van der Waals surface area contributed by atoms with Crippen LogP contribution in [-0.4, -0.2) is 63.7 Å². The van der Waals surface area contributed by atoms with Crippen molar-refractivity contribution in [3.05, 3.63) is 83.6 Å². The Morgan fingerprint density at radius 1 is 1.05 bits per heavy atom. The molecule has 1 aromatic heterocycles. The van der Waals surface area contributed by atoms with Gasteiger partial charge < -0.3 is 20.3 Å². The Kier molecular flexibility index (Phi) is 7.22. The molecule has 11 nitrogen and oxygen atoms in total. The van der Waals surface area contributed by atoms with Crippen LogP contribution in [-0.2, 0) is 14.4 Å². The highest BCUT2D eigenvalue weighted by Crippen LogP contribution is 2.32. The van der Waals surface area contributed by atoms with E-state index in [4.69, 9.17) is 5.11 Å². The van der Waals surface area contributed by atoms with E-state index < -0.39 is 42.1 Å². The van der Waals surface area contributed by atoms with E-state index in [1.807, 2.05) is 30.3 Å². The van der Waals surface area contributed by atoms with Gasteiger partial charge in [0.2, 0.25) is 0 Å². The van der Waals surface area contributed by atoms with E-state index in [2.05, 4.69) is 22.9 Å². The summed E-state index contributed by atoms with van der Waals surface area (Å²) in [4.78, 5) is 68.6. The molecule has 41 heavy (non-hydrogen) atoms. The van der Waals surface area contributed by atoms with Crippen molar-refractivity contribution in [2.24, 2.45) is 0 Å². The van der Waals surface area contributed by atoms with Crippen molar-refractivity contribution in [2.75, 3.05) is 18.0 Å². The van der Waals surface area contributed by atoms with Crippen LogP contribution in [0, 0.1) is 11.3 Å². The highest BCUT2D eigenvalue weighted by atomic mass is 16.4. The van der Waals surface area contributed by atoms with Crippen LogP contribution in [0.25, 0.3) is 16.5 Å². The minimum absolute atomic E-state index is 0.0312. The van der Waals surface area contributed by atoms with E-state index in [9.17, 15) is 29.2 Å². The van der Waals surface area contributed by atoms with E-state index >= 15 is 0 Å². The molecule has 3 aromatic rings. The second kappa shape index (κ2) is 10.9. The van der Waals surface area contributed by atoms with E-state index in [-0.39, 0.29) is 29.9 Å². The first-order chi connectivity index (χ1) is 19.7. The Hall–Kier alpha value is -5.50. The molecule has 2 fully saturated rings. The highest BCUT2D eigenvalue weighted by molar-refractivity contribution is 6.45. The summed E-state index contributed by atoms with van der Waals surface area (Å²) >= 11 is 0. The first-order valence-electron chi connectivity index (χ1n) is 12.9. The summed E-state index contributed by atoms with van der Waals surface area (Å²) in [6, 6.07) is 14.3. The van der Waals surface area contributed by atoms with Gasteiger partial charge in [-0.25, -0.2) is 9.69 Å². The number of likely N-dealkylation sites (tertiary alicyclic amines) is 1. The molecule has 0 radical (unpaired) electrons. The van der Waals surface area contributed by atoms with Crippen LogP contribution in [0.1, 0.15) is 35.2 Å². The van der Waals surface area contributed by atoms with Gasteiger partial charge in [-0.15, -0.1) is 0 Å². The van der Waals surface area contributed by atoms with Gasteiger partial charge in [0.25, 0.3) is 17.6 Å². The van der Waals surface area contributed by atoms with E-state index in [0.29, 0.717) is 29.3 Å². The van der Waals surface area contributed by atoms with Crippen molar-refractivity contribution >= 4 is 51.8 Å². The number of fused-ring (bicyclic) bond motifs is 1. The Morgan fingerprint density at radius 3 is 2.41 bits per heavy atom. The zero-order valence-corrected chi connectivity index (χ0v) is 21.8. The number of aliphatic carboxylic acids is 1. The van der Waals surface area contributed by atoms with E-state index in [1.165, 1.54) is 17.2 Å². The number of imide groups is 1. The number of nitrogens with zero attached hydrogens (tertiary/aromatic N) is 3. The molecule has 0 spiro atoms. The van der Waals surface area contributed by atoms with Crippen LogP contribution in [0.3, 0.4) is 0 Å². The van der Waals surface area contributed by atoms with Crippen molar-refractivity contribution in [2.45, 2.75) is 25.3 Å². The third-order valence-corrected chi connectivity index (χ3v) is 7.28. The second-order valence-corrected chi connectivity index (χ2v) is 9.76. The van der Waals surface area contributed by atoms with Crippen molar-refractivity contribution < 1.29 is 29.1 Å². The molecule has 3 N–H and O–H groups in total. The summed E-state index contributed by atoms with van der Waals surface area (Å²) in [6.45, 7) is 4.20. The number of amides is 4. The number of carbonyl (C=O) groups is 5. The number of nitrogens with one attached hydrogen (secondary N) is 2. The predicted molar refractivity (Wildman–Crippen MR) is 149 cm³/mol. The number of aromatic nitrogens is 1. The maximum Gasteiger partial charge on any atom is 0.329 e. The molecular weight excluding hydrogens is 526 g/mol. The summed E-state index contributed by atoms with van der Waals surface area (Å²) in [6.07, 6.45) is 1.81. The zero-order valence-electron chi connectivity index (χ0n) is 21.8. The lowest BCUT2D eigenvalue weighted by atomic mass is 9.93. The zero-order chi connectivity index (χ0) is 29.3. The number of anilines is 1. The Morgan fingerprint density at radius 2 is 1.76 bits per heavy atom. The summed E-state index contributed by atoms with van der Waals surface area (Å²) in [5, 5.41) is 21.5. The number of H-pyrrole nitrogens is 1. The number of urea groups is 1. The van der Waals surface area contributed by atoms with Gasteiger partial charge in [-0.05, 0) is 35.6 Å². The molecule has 0 unspecified atom stereocenters. The normalized spacial score (nSPS) is 16.9. The van der Waals surface area contributed by atoms with Gasteiger partial charge in [-0.3, -0.25) is 19.2 Å². The molecule has 2 saturated heterocycles. The number of aromatic amines is 1. The number of allylic oxidation sites excluding steroid dienone is 1. The SMILES string of the molecule is C=C(CC(=O)O)[C@@H]1NC(=O)N(c2cccc3c(C(=O)C(=O)N4CCC(=C(C#N)c5ccccc5)CC4)c[nH]c23)C1=O. The Balaban J connectivity index is 1.35. The quantitative estimate of drug-likeness (QED) is 0.133. The van der Waals surface area contributed by atoms with Crippen LogP contribution >= 0.6 is 0 Å².